The number of para-hydroxylation sites is 1. The van der Waals surface area contributed by atoms with Crippen LogP contribution in [0.15, 0.2) is 65.4 Å². The van der Waals surface area contributed by atoms with Crippen molar-refractivity contribution in [3.63, 3.8) is 0 Å². The van der Waals surface area contributed by atoms with Gasteiger partial charge < -0.3 is 14.8 Å². The van der Waals surface area contributed by atoms with Gasteiger partial charge in [0.2, 0.25) is 0 Å². The highest BCUT2D eigenvalue weighted by Gasteiger charge is 2.17. The fraction of sp³-hybridized carbons (Fsp3) is 0.143. The Balaban J connectivity index is 1.44. The summed E-state index contributed by atoms with van der Waals surface area (Å²) in [6.07, 6.45) is 4.21. The van der Waals surface area contributed by atoms with Crippen molar-refractivity contribution in [2.45, 2.75) is 13.3 Å². The molecule has 0 spiro atoms. The summed E-state index contributed by atoms with van der Waals surface area (Å²) in [5, 5.41) is 7.94. The Bertz CT molecular complexity index is 1040. The van der Waals surface area contributed by atoms with Gasteiger partial charge in [0.15, 0.2) is 5.76 Å². The molecule has 0 bridgehead atoms. The number of benzene rings is 2. The van der Waals surface area contributed by atoms with Gasteiger partial charge in [0.05, 0.1) is 6.20 Å². The second kappa shape index (κ2) is 6.88. The summed E-state index contributed by atoms with van der Waals surface area (Å²) < 4.78 is 5.31. The minimum atomic E-state index is -0.179. The molecule has 0 aliphatic carbocycles. The van der Waals surface area contributed by atoms with E-state index in [2.05, 4.69) is 21.5 Å². The Labute approximate surface area is 151 Å². The number of rotatable bonds is 5. The number of aromatic nitrogens is 2. The van der Waals surface area contributed by atoms with Crippen molar-refractivity contribution in [2.24, 2.45) is 0 Å². The fourth-order valence-corrected chi connectivity index (χ4v) is 3.06. The van der Waals surface area contributed by atoms with E-state index in [1.807, 2.05) is 55.6 Å². The van der Waals surface area contributed by atoms with Gasteiger partial charge in [-0.25, -0.2) is 0 Å². The van der Waals surface area contributed by atoms with Crippen molar-refractivity contribution in [3.05, 3.63) is 77.6 Å². The monoisotopic (exact) mass is 345 g/mol. The minimum absolute atomic E-state index is 0.179. The predicted molar refractivity (Wildman–Crippen MR) is 101 cm³/mol. The number of nitrogens with one attached hydrogen (secondary N) is 2. The van der Waals surface area contributed by atoms with Crippen molar-refractivity contribution >= 4 is 16.8 Å². The van der Waals surface area contributed by atoms with E-state index >= 15 is 0 Å². The molecule has 130 valence electrons. The highest BCUT2D eigenvalue weighted by Crippen LogP contribution is 2.24. The number of amides is 1. The van der Waals surface area contributed by atoms with Crippen molar-refractivity contribution in [1.29, 1.82) is 0 Å². The molecule has 0 atom stereocenters. The van der Waals surface area contributed by atoms with Crippen LogP contribution in [-0.4, -0.2) is 22.6 Å². The molecule has 2 N–H and O–H groups in total. The first-order valence-electron chi connectivity index (χ1n) is 8.57. The molecule has 0 aliphatic rings. The molecule has 5 heteroatoms. The average Bonchev–Trinajstić information content (AvgIpc) is 3.30. The number of carbonyl (C=O) groups is 1. The SMILES string of the molecule is Cc1ccc(-c2oncc2C(=O)NCCc2c[nH]c3ccccc23)cc1. The molecule has 0 fully saturated rings. The van der Waals surface area contributed by atoms with Crippen LogP contribution < -0.4 is 5.32 Å². The van der Waals surface area contributed by atoms with Gasteiger partial charge in [0.25, 0.3) is 5.91 Å². The van der Waals surface area contributed by atoms with E-state index < -0.39 is 0 Å². The highest BCUT2D eigenvalue weighted by atomic mass is 16.5. The Kier molecular flexibility index (Phi) is 4.27. The second-order valence-electron chi connectivity index (χ2n) is 6.30. The molecule has 2 aromatic carbocycles. The largest absolute Gasteiger partial charge is 0.361 e. The van der Waals surface area contributed by atoms with E-state index in [1.165, 1.54) is 17.1 Å². The molecule has 2 heterocycles. The molecule has 5 nitrogen and oxygen atoms in total. The zero-order valence-corrected chi connectivity index (χ0v) is 14.5. The summed E-state index contributed by atoms with van der Waals surface area (Å²) in [5.41, 5.74) is 4.74. The molecule has 0 saturated carbocycles. The van der Waals surface area contributed by atoms with Crippen LogP contribution in [0.4, 0.5) is 0 Å². The van der Waals surface area contributed by atoms with Crippen molar-refractivity contribution in [1.82, 2.24) is 15.5 Å². The van der Waals surface area contributed by atoms with Gasteiger partial charge in [-0.1, -0.05) is 53.2 Å². The number of hydrogen-bond donors (Lipinski definition) is 2. The first-order chi connectivity index (χ1) is 12.7. The lowest BCUT2D eigenvalue weighted by molar-refractivity contribution is 0.0954. The standard InChI is InChI=1S/C21H19N3O2/c1-14-6-8-15(9-7-14)20-18(13-24-26-20)21(25)22-11-10-16-12-23-19-5-3-2-4-17(16)19/h2-9,12-13,23H,10-11H2,1H3,(H,22,25). The Hall–Kier alpha value is -3.34. The van der Waals surface area contributed by atoms with Gasteiger partial charge in [-0.2, -0.15) is 0 Å². The molecular formula is C21H19N3O2. The molecule has 1 amide bonds. The summed E-state index contributed by atoms with van der Waals surface area (Å²) >= 11 is 0. The Morgan fingerprint density at radius 2 is 1.96 bits per heavy atom. The van der Waals surface area contributed by atoms with Gasteiger partial charge in [-0.05, 0) is 25.0 Å². The van der Waals surface area contributed by atoms with Gasteiger partial charge in [0.1, 0.15) is 5.56 Å². The molecule has 0 unspecified atom stereocenters. The number of hydrogen-bond acceptors (Lipinski definition) is 3. The van der Waals surface area contributed by atoms with E-state index in [9.17, 15) is 4.79 Å². The summed E-state index contributed by atoms with van der Waals surface area (Å²) in [5.74, 6) is 0.316. The van der Waals surface area contributed by atoms with Crippen LogP contribution in [-0.2, 0) is 6.42 Å². The molecule has 0 radical (unpaired) electrons. The van der Waals surface area contributed by atoms with Gasteiger partial charge in [-0.3, -0.25) is 4.79 Å². The van der Waals surface area contributed by atoms with Crippen LogP contribution >= 0.6 is 0 Å². The zero-order valence-electron chi connectivity index (χ0n) is 14.5. The van der Waals surface area contributed by atoms with Gasteiger partial charge >= 0.3 is 0 Å². The lowest BCUT2D eigenvalue weighted by atomic mass is 10.1. The van der Waals surface area contributed by atoms with Gasteiger partial charge in [0, 0.05) is 29.2 Å². The number of carbonyl (C=O) groups excluding carboxylic acids is 1. The highest BCUT2D eigenvalue weighted by molar-refractivity contribution is 5.99. The molecule has 2 aromatic heterocycles. The molecule has 4 aromatic rings. The third-order valence-electron chi connectivity index (χ3n) is 4.48. The normalized spacial score (nSPS) is 11.0. The average molecular weight is 345 g/mol. The number of aryl methyl sites for hydroxylation is 1. The van der Waals surface area contributed by atoms with Gasteiger partial charge in [-0.15, -0.1) is 0 Å². The fourth-order valence-electron chi connectivity index (χ4n) is 3.06. The summed E-state index contributed by atoms with van der Waals surface area (Å²) in [6.45, 7) is 2.56. The van der Waals surface area contributed by atoms with Crippen LogP contribution in [0.2, 0.25) is 0 Å². The van der Waals surface area contributed by atoms with Crippen LogP contribution in [0.5, 0.6) is 0 Å². The molecule has 26 heavy (non-hydrogen) atoms. The van der Waals surface area contributed by atoms with Crippen molar-refractivity contribution < 1.29 is 9.32 Å². The third-order valence-corrected chi connectivity index (χ3v) is 4.48. The maximum Gasteiger partial charge on any atom is 0.256 e. The van der Waals surface area contributed by atoms with E-state index in [-0.39, 0.29) is 5.91 Å². The van der Waals surface area contributed by atoms with E-state index in [4.69, 9.17) is 4.52 Å². The summed E-state index contributed by atoms with van der Waals surface area (Å²) in [7, 11) is 0. The second-order valence-corrected chi connectivity index (χ2v) is 6.30. The minimum Gasteiger partial charge on any atom is -0.361 e. The first kappa shape index (κ1) is 16.1. The van der Waals surface area contributed by atoms with Crippen molar-refractivity contribution in [2.75, 3.05) is 6.54 Å². The lowest BCUT2D eigenvalue weighted by Gasteiger charge is -2.05. The summed E-state index contributed by atoms with van der Waals surface area (Å²) in [4.78, 5) is 15.8. The van der Waals surface area contributed by atoms with E-state index in [0.29, 0.717) is 17.9 Å². The van der Waals surface area contributed by atoms with E-state index in [1.54, 1.807) is 0 Å². The number of nitrogens with zero attached hydrogens (tertiary/aromatic N) is 1. The quantitative estimate of drug-likeness (QED) is 0.572. The zero-order chi connectivity index (χ0) is 17.9. The summed E-state index contributed by atoms with van der Waals surface area (Å²) in [6, 6.07) is 16.0. The van der Waals surface area contributed by atoms with Crippen molar-refractivity contribution in [3.8, 4) is 11.3 Å². The third kappa shape index (κ3) is 3.11. The number of aromatic amines is 1. The van der Waals surface area contributed by atoms with Crippen LogP contribution in [0.1, 0.15) is 21.5 Å². The molecule has 0 aliphatic heterocycles. The number of fused-ring (bicyclic) bond motifs is 1. The predicted octanol–water partition coefficient (Wildman–Crippen LogP) is 4.10. The van der Waals surface area contributed by atoms with Crippen LogP contribution in [0, 0.1) is 6.92 Å². The number of H-pyrrole nitrogens is 1. The Morgan fingerprint density at radius 1 is 1.15 bits per heavy atom. The maximum absolute atomic E-state index is 12.5. The topological polar surface area (TPSA) is 70.9 Å². The molecule has 4 rings (SSSR count). The molecule has 0 saturated heterocycles. The first-order valence-corrected chi connectivity index (χ1v) is 8.57. The maximum atomic E-state index is 12.5. The van der Waals surface area contributed by atoms with Crippen LogP contribution in [0.25, 0.3) is 22.2 Å². The molecular weight excluding hydrogens is 326 g/mol. The lowest BCUT2D eigenvalue weighted by Crippen LogP contribution is -2.25. The smallest absolute Gasteiger partial charge is 0.256 e. The van der Waals surface area contributed by atoms with Crippen LogP contribution in [0.3, 0.4) is 0 Å². The Morgan fingerprint density at radius 3 is 2.81 bits per heavy atom. The van der Waals surface area contributed by atoms with E-state index in [0.717, 1.165) is 23.1 Å².